The highest BCUT2D eigenvalue weighted by molar-refractivity contribution is 5.95. The second kappa shape index (κ2) is 8.04. The lowest BCUT2D eigenvalue weighted by molar-refractivity contribution is -0.214. The van der Waals surface area contributed by atoms with Gasteiger partial charge < -0.3 is 0 Å². The molecule has 0 N–H and O–H groups in total. The summed E-state index contributed by atoms with van der Waals surface area (Å²) in [4.78, 5) is 18.9. The normalized spacial score (nSPS) is 19.8. The number of anilines is 1. The Bertz CT molecular complexity index is 935. The summed E-state index contributed by atoms with van der Waals surface area (Å²) in [6.07, 6.45) is -1.52. The van der Waals surface area contributed by atoms with E-state index in [1.165, 1.54) is 6.07 Å². The van der Waals surface area contributed by atoms with Crippen molar-refractivity contribution in [2.75, 3.05) is 11.9 Å². The first kappa shape index (κ1) is 22.3. The maximum atomic E-state index is 13.2. The molecule has 3 atom stereocenters. The first-order chi connectivity index (χ1) is 13.9. The van der Waals surface area contributed by atoms with Crippen molar-refractivity contribution in [2.24, 2.45) is 11.8 Å². The number of carbonyl (C=O) groups is 1. The number of pyridine rings is 1. The Morgan fingerprint density at radius 1 is 1.27 bits per heavy atom. The average molecular weight is 422 g/mol. The molecular weight excluding hydrogens is 393 g/mol. The van der Waals surface area contributed by atoms with Crippen LogP contribution < -0.4 is 4.90 Å². The van der Waals surface area contributed by atoms with Gasteiger partial charge in [-0.25, -0.2) is 4.98 Å². The van der Waals surface area contributed by atoms with Gasteiger partial charge >= 0.3 is 6.30 Å². The SMILES string of the molecule is Cc1cc([C@H](C)CC2CC2C(=O)N(C)c2cc(C)c(C(C)C)cn2)n(C(F)(F)F)n1. The second-order valence-electron chi connectivity index (χ2n) is 8.78. The summed E-state index contributed by atoms with van der Waals surface area (Å²) in [6.45, 7) is 9.52. The minimum atomic E-state index is -4.54. The fourth-order valence-electron chi connectivity index (χ4n) is 4.16. The highest BCUT2D eigenvalue weighted by Gasteiger charge is 2.46. The third kappa shape index (κ3) is 4.52. The van der Waals surface area contributed by atoms with E-state index in [4.69, 9.17) is 0 Å². The number of aromatic nitrogens is 3. The minimum absolute atomic E-state index is 0.0306. The zero-order valence-corrected chi connectivity index (χ0v) is 18.3. The monoisotopic (exact) mass is 422 g/mol. The lowest BCUT2D eigenvalue weighted by Crippen LogP contribution is -2.29. The molecule has 0 aliphatic heterocycles. The minimum Gasteiger partial charge on any atom is -0.300 e. The maximum absolute atomic E-state index is 13.2. The summed E-state index contributed by atoms with van der Waals surface area (Å²) in [6, 6.07) is 3.39. The number of carbonyl (C=O) groups excluding carboxylic acids is 1. The van der Waals surface area contributed by atoms with Crippen LogP contribution in [0, 0.1) is 25.7 Å². The predicted octanol–water partition coefficient (Wildman–Crippen LogP) is 5.29. The van der Waals surface area contributed by atoms with Crippen molar-refractivity contribution in [3.8, 4) is 0 Å². The molecule has 1 amide bonds. The molecular formula is C22H29F3N4O. The molecule has 0 spiro atoms. The molecule has 0 bridgehead atoms. The lowest BCUT2D eigenvalue weighted by atomic mass is 9.99. The highest BCUT2D eigenvalue weighted by Crippen LogP contribution is 2.47. The van der Waals surface area contributed by atoms with Gasteiger partial charge in [0.25, 0.3) is 0 Å². The number of amides is 1. The van der Waals surface area contributed by atoms with Gasteiger partial charge in [0.05, 0.1) is 11.4 Å². The van der Waals surface area contributed by atoms with Gasteiger partial charge in [-0.05, 0) is 67.7 Å². The fourth-order valence-corrected chi connectivity index (χ4v) is 4.16. The van der Waals surface area contributed by atoms with Crippen molar-refractivity contribution >= 4 is 11.7 Å². The molecule has 2 aromatic heterocycles. The van der Waals surface area contributed by atoms with Crippen molar-refractivity contribution in [3.63, 3.8) is 0 Å². The first-order valence-electron chi connectivity index (χ1n) is 10.3. The number of aryl methyl sites for hydroxylation is 2. The van der Waals surface area contributed by atoms with Crippen LogP contribution in [0.1, 0.15) is 68.0 Å². The van der Waals surface area contributed by atoms with Gasteiger partial charge in [0.1, 0.15) is 5.82 Å². The van der Waals surface area contributed by atoms with Gasteiger partial charge in [-0.3, -0.25) is 9.69 Å². The molecule has 8 heteroatoms. The van der Waals surface area contributed by atoms with Gasteiger partial charge in [-0.1, -0.05) is 20.8 Å². The number of halogens is 3. The van der Waals surface area contributed by atoms with Crippen molar-refractivity contribution in [1.82, 2.24) is 14.8 Å². The van der Waals surface area contributed by atoms with E-state index >= 15 is 0 Å². The van der Waals surface area contributed by atoms with Crippen molar-refractivity contribution in [1.29, 1.82) is 0 Å². The molecule has 1 saturated carbocycles. The first-order valence-corrected chi connectivity index (χ1v) is 10.3. The molecule has 2 aromatic rings. The van der Waals surface area contributed by atoms with Crippen molar-refractivity contribution < 1.29 is 18.0 Å². The molecule has 30 heavy (non-hydrogen) atoms. The lowest BCUT2D eigenvalue weighted by Gasteiger charge is -2.19. The molecule has 164 valence electrons. The largest absolute Gasteiger partial charge is 0.504 e. The number of alkyl halides is 3. The van der Waals surface area contributed by atoms with Crippen LogP contribution in [0.25, 0.3) is 0 Å². The fraction of sp³-hybridized carbons (Fsp3) is 0.591. The van der Waals surface area contributed by atoms with Crippen molar-refractivity contribution in [2.45, 2.75) is 65.6 Å². The number of hydrogen-bond donors (Lipinski definition) is 0. The van der Waals surface area contributed by atoms with Crippen LogP contribution in [0.15, 0.2) is 18.3 Å². The average Bonchev–Trinajstić information content (AvgIpc) is 3.28. The molecule has 3 rings (SSSR count). The number of rotatable bonds is 6. The molecule has 2 unspecified atom stereocenters. The molecule has 1 aliphatic rings. The topological polar surface area (TPSA) is 51.0 Å². The number of nitrogens with zero attached hydrogens (tertiary/aromatic N) is 4. The van der Waals surface area contributed by atoms with E-state index in [0.717, 1.165) is 11.1 Å². The molecule has 5 nitrogen and oxygen atoms in total. The van der Waals surface area contributed by atoms with Gasteiger partial charge in [0.15, 0.2) is 0 Å². The molecule has 2 heterocycles. The van der Waals surface area contributed by atoms with E-state index in [1.54, 1.807) is 25.8 Å². The van der Waals surface area contributed by atoms with E-state index in [2.05, 4.69) is 23.9 Å². The van der Waals surface area contributed by atoms with E-state index < -0.39 is 6.30 Å². The molecule has 1 fully saturated rings. The zero-order valence-electron chi connectivity index (χ0n) is 18.3. The Morgan fingerprint density at radius 3 is 2.50 bits per heavy atom. The molecule has 0 radical (unpaired) electrons. The third-order valence-electron chi connectivity index (χ3n) is 5.93. The zero-order chi connectivity index (χ0) is 22.4. The van der Waals surface area contributed by atoms with E-state index in [-0.39, 0.29) is 34.0 Å². The van der Waals surface area contributed by atoms with Crippen LogP contribution in [0.3, 0.4) is 0 Å². The highest BCUT2D eigenvalue weighted by atomic mass is 19.4. The van der Waals surface area contributed by atoms with Gasteiger partial charge in [-0.2, -0.15) is 9.78 Å². The molecule has 0 saturated heterocycles. The van der Waals surface area contributed by atoms with Gasteiger partial charge in [0.2, 0.25) is 5.91 Å². The quantitative estimate of drug-likeness (QED) is 0.636. The van der Waals surface area contributed by atoms with Gasteiger partial charge in [-0.15, -0.1) is 13.2 Å². The van der Waals surface area contributed by atoms with E-state index in [1.807, 2.05) is 19.2 Å². The van der Waals surface area contributed by atoms with Crippen LogP contribution >= 0.6 is 0 Å². The van der Waals surface area contributed by atoms with Gasteiger partial charge in [0, 0.05) is 19.2 Å². The Balaban J connectivity index is 1.66. The van der Waals surface area contributed by atoms with Crippen LogP contribution in [0.2, 0.25) is 0 Å². The summed E-state index contributed by atoms with van der Waals surface area (Å²) >= 11 is 0. The Labute approximate surface area is 175 Å². The number of hydrogen-bond acceptors (Lipinski definition) is 3. The summed E-state index contributed by atoms with van der Waals surface area (Å²) in [5.41, 5.74) is 2.72. The smallest absolute Gasteiger partial charge is 0.300 e. The Hall–Kier alpha value is -2.38. The summed E-state index contributed by atoms with van der Waals surface area (Å²) in [5, 5.41) is 3.59. The van der Waals surface area contributed by atoms with E-state index in [9.17, 15) is 18.0 Å². The summed E-state index contributed by atoms with van der Waals surface area (Å²) in [7, 11) is 1.71. The third-order valence-corrected chi connectivity index (χ3v) is 5.93. The maximum Gasteiger partial charge on any atom is 0.504 e. The summed E-state index contributed by atoms with van der Waals surface area (Å²) < 4.78 is 39.8. The Morgan fingerprint density at radius 2 is 1.93 bits per heavy atom. The predicted molar refractivity (Wildman–Crippen MR) is 109 cm³/mol. The van der Waals surface area contributed by atoms with Crippen LogP contribution in [-0.4, -0.2) is 27.7 Å². The molecule has 0 aromatic carbocycles. The van der Waals surface area contributed by atoms with Crippen LogP contribution in [0.5, 0.6) is 0 Å². The second-order valence-corrected chi connectivity index (χ2v) is 8.78. The van der Waals surface area contributed by atoms with E-state index in [0.29, 0.717) is 30.3 Å². The van der Waals surface area contributed by atoms with Crippen LogP contribution in [0.4, 0.5) is 19.0 Å². The Kier molecular flexibility index (Phi) is 5.98. The van der Waals surface area contributed by atoms with Crippen molar-refractivity contribution in [3.05, 3.63) is 40.8 Å². The molecule has 1 aliphatic carbocycles. The standard InChI is InChI=1S/C22H29F3N4O/c1-12(2)18-11-26-20(8-13(18)3)28(6)21(30)17-10-16(17)7-14(4)19-9-15(5)27-29(19)22(23,24)25/h8-9,11-12,14,16-17H,7,10H2,1-6H3/t14-,16?,17?/m1/s1. The van der Waals surface area contributed by atoms with Crippen LogP contribution in [-0.2, 0) is 11.1 Å². The summed E-state index contributed by atoms with van der Waals surface area (Å²) in [5.74, 6) is 0.487.